The van der Waals surface area contributed by atoms with Gasteiger partial charge >= 0.3 is 12.0 Å². The predicted octanol–water partition coefficient (Wildman–Crippen LogP) is 2.07. The summed E-state index contributed by atoms with van der Waals surface area (Å²) in [6.07, 6.45) is 4.13. The molecule has 1 aliphatic heterocycles. The first-order valence-electron chi connectivity index (χ1n) is 7.05. The number of alkyl halides is 2. The zero-order valence-corrected chi connectivity index (χ0v) is 11.3. The fourth-order valence-corrected chi connectivity index (χ4v) is 2.98. The first kappa shape index (κ1) is 15.0. The summed E-state index contributed by atoms with van der Waals surface area (Å²) in [6, 6.07) is -1.67. The second-order valence-electron chi connectivity index (χ2n) is 5.69. The van der Waals surface area contributed by atoms with Crippen molar-refractivity contribution in [3.63, 3.8) is 0 Å². The van der Waals surface area contributed by atoms with Gasteiger partial charge in [-0.15, -0.1) is 0 Å². The number of nitrogens with zero attached hydrogens (tertiary/aromatic N) is 1. The first-order valence-corrected chi connectivity index (χ1v) is 7.05. The number of halogens is 2. The lowest BCUT2D eigenvalue weighted by Crippen LogP contribution is -2.51. The summed E-state index contributed by atoms with van der Waals surface area (Å²) >= 11 is 0. The van der Waals surface area contributed by atoms with E-state index in [2.05, 4.69) is 5.32 Å². The Balaban J connectivity index is 1.94. The lowest BCUT2D eigenvalue weighted by Gasteiger charge is -2.29. The molecule has 114 valence electrons. The molecule has 1 aliphatic carbocycles. The summed E-state index contributed by atoms with van der Waals surface area (Å²) < 4.78 is 26.1. The number of amides is 2. The van der Waals surface area contributed by atoms with E-state index in [0.717, 1.165) is 37.0 Å². The number of carbonyl (C=O) groups is 2. The Kier molecular flexibility index (Phi) is 4.45. The molecule has 1 atom stereocenters. The molecule has 0 unspecified atom stereocenters. The third kappa shape index (κ3) is 3.58. The van der Waals surface area contributed by atoms with Crippen LogP contribution in [-0.4, -0.2) is 47.1 Å². The minimum atomic E-state index is -2.86. The highest BCUT2D eigenvalue weighted by molar-refractivity contribution is 5.83. The van der Waals surface area contributed by atoms with E-state index in [4.69, 9.17) is 0 Å². The van der Waals surface area contributed by atoms with E-state index in [1.165, 1.54) is 0 Å². The Labute approximate surface area is 116 Å². The number of rotatable bonds is 3. The van der Waals surface area contributed by atoms with Gasteiger partial charge in [-0.2, -0.15) is 0 Å². The van der Waals surface area contributed by atoms with Gasteiger partial charge in [-0.3, -0.25) is 0 Å². The molecule has 7 heteroatoms. The molecule has 2 N–H and O–H groups in total. The van der Waals surface area contributed by atoms with Gasteiger partial charge in [0.25, 0.3) is 5.92 Å². The van der Waals surface area contributed by atoms with Gasteiger partial charge in [0, 0.05) is 13.0 Å². The summed E-state index contributed by atoms with van der Waals surface area (Å²) in [4.78, 5) is 24.2. The molecule has 1 saturated heterocycles. The third-order valence-electron chi connectivity index (χ3n) is 4.12. The smallest absolute Gasteiger partial charge is 0.326 e. The van der Waals surface area contributed by atoms with Crippen LogP contribution in [0.2, 0.25) is 0 Å². The zero-order valence-electron chi connectivity index (χ0n) is 11.3. The van der Waals surface area contributed by atoms with Crippen molar-refractivity contribution in [3.8, 4) is 0 Å². The molecule has 5 nitrogen and oxygen atoms in total. The number of aliphatic carboxylic acids is 1. The van der Waals surface area contributed by atoms with Gasteiger partial charge in [0.1, 0.15) is 6.04 Å². The lowest BCUT2D eigenvalue weighted by atomic mass is 9.84. The van der Waals surface area contributed by atoms with E-state index in [9.17, 15) is 23.5 Å². The summed E-state index contributed by atoms with van der Waals surface area (Å²) in [5, 5.41) is 11.7. The van der Waals surface area contributed by atoms with E-state index >= 15 is 0 Å². The topological polar surface area (TPSA) is 69.6 Å². The summed E-state index contributed by atoms with van der Waals surface area (Å²) in [7, 11) is 0. The van der Waals surface area contributed by atoms with E-state index in [-0.39, 0.29) is 18.9 Å². The van der Waals surface area contributed by atoms with Gasteiger partial charge in [0.05, 0.1) is 6.54 Å². The van der Waals surface area contributed by atoms with E-state index in [1.54, 1.807) is 0 Å². The van der Waals surface area contributed by atoms with Crippen LogP contribution < -0.4 is 5.32 Å². The Morgan fingerprint density at radius 3 is 2.40 bits per heavy atom. The molecule has 2 rings (SSSR count). The maximum Gasteiger partial charge on any atom is 0.326 e. The average Bonchev–Trinajstić information content (AvgIpc) is 2.77. The van der Waals surface area contributed by atoms with Gasteiger partial charge in [-0.05, 0) is 18.8 Å². The number of carboxylic acids is 1. The molecule has 2 amide bonds. The number of carbonyl (C=O) groups excluding carboxylic acids is 1. The van der Waals surface area contributed by atoms with Crippen molar-refractivity contribution in [1.82, 2.24) is 10.2 Å². The minimum absolute atomic E-state index is 0.0319. The fraction of sp³-hybridized carbons (Fsp3) is 0.846. The van der Waals surface area contributed by atoms with Crippen molar-refractivity contribution < 1.29 is 23.5 Å². The normalized spacial score (nSPS) is 24.4. The zero-order chi connectivity index (χ0) is 14.8. The number of urea groups is 1. The molecule has 0 bridgehead atoms. The Hall–Kier alpha value is -1.40. The molecule has 20 heavy (non-hydrogen) atoms. The number of nitrogens with one attached hydrogen (secondary N) is 1. The second-order valence-corrected chi connectivity index (χ2v) is 5.69. The number of hydrogen-bond donors (Lipinski definition) is 2. The molecule has 0 aromatic heterocycles. The molecular formula is C13H20F2N2O3. The van der Waals surface area contributed by atoms with Crippen molar-refractivity contribution in [3.05, 3.63) is 0 Å². The standard InChI is InChI=1S/C13H20F2N2O3/c14-13(15)6-7-17(8-13)12(20)16-10(11(18)19)9-4-2-1-3-5-9/h9-10H,1-8H2,(H,16,20)(H,18,19)/t10-/m1/s1. The van der Waals surface area contributed by atoms with Gasteiger partial charge in [-0.1, -0.05) is 19.3 Å². The highest BCUT2D eigenvalue weighted by Crippen LogP contribution is 2.28. The molecule has 0 aromatic rings. The van der Waals surface area contributed by atoms with Crippen LogP contribution in [0.3, 0.4) is 0 Å². The maximum absolute atomic E-state index is 13.1. The largest absolute Gasteiger partial charge is 0.480 e. The first-order chi connectivity index (χ1) is 9.39. The van der Waals surface area contributed by atoms with Crippen molar-refractivity contribution in [2.45, 2.75) is 50.5 Å². The van der Waals surface area contributed by atoms with Crippen LogP contribution in [0.4, 0.5) is 13.6 Å². The number of likely N-dealkylation sites (tertiary alicyclic amines) is 1. The number of carboxylic acid groups (broad SMARTS) is 1. The summed E-state index contributed by atoms with van der Waals surface area (Å²) in [6.45, 7) is -0.661. The minimum Gasteiger partial charge on any atom is -0.480 e. The van der Waals surface area contributed by atoms with E-state index in [1.807, 2.05) is 0 Å². The van der Waals surface area contributed by atoms with Gasteiger partial charge in [-0.25, -0.2) is 18.4 Å². The van der Waals surface area contributed by atoms with Crippen LogP contribution in [0.15, 0.2) is 0 Å². The average molecular weight is 290 g/mol. The quantitative estimate of drug-likeness (QED) is 0.836. The van der Waals surface area contributed by atoms with Gasteiger partial charge < -0.3 is 15.3 Å². The highest BCUT2D eigenvalue weighted by Gasteiger charge is 2.41. The monoisotopic (exact) mass is 290 g/mol. The van der Waals surface area contributed by atoms with Crippen LogP contribution in [0.5, 0.6) is 0 Å². The van der Waals surface area contributed by atoms with Crippen LogP contribution in [0, 0.1) is 5.92 Å². The fourth-order valence-electron chi connectivity index (χ4n) is 2.98. The Morgan fingerprint density at radius 2 is 1.90 bits per heavy atom. The molecule has 2 aliphatic rings. The van der Waals surface area contributed by atoms with E-state index < -0.39 is 30.5 Å². The SMILES string of the molecule is O=C(O)[C@H](NC(=O)N1CCC(F)(F)C1)C1CCCCC1. The lowest BCUT2D eigenvalue weighted by molar-refractivity contribution is -0.141. The molecule has 0 spiro atoms. The van der Waals surface area contributed by atoms with Crippen LogP contribution in [0.25, 0.3) is 0 Å². The van der Waals surface area contributed by atoms with Crippen LogP contribution in [-0.2, 0) is 4.79 Å². The van der Waals surface area contributed by atoms with Crippen molar-refractivity contribution >= 4 is 12.0 Å². The van der Waals surface area contributed by atoms with Gasteiger partial charge in [0.2, 0.25) is 0 Å². The Bertz CT molecular complexity index is 384. The van der Waals surface area contributed by atoms with Crippen molar-refractivity contribution in [1.29, 1.82) is 0 Å². The molecular weight excluding hydrogens is 270 g/mol. The van der Waals surface area contributed by atoms with Crippen LogP contribution in [0.1, 0.15) is 38.5 Å². The Morgan fingerprint density at radius 1 is 1.25 bits per heavy atom. The molecule has 1 saturated carbocycles. The van der Waals surface area contributed by atoms with Crippen molar-refractivity contribution in [2.75, 3.05) is 13.1 Å². The van der Waals surface area contributed by atoms with Crippen LogP contribution >= 0.6 is 0 Å². The van der Waals surface area contributed by atoms with Gasteiger partial charge in [0.15, 0.2) is 0 Å². The highest BCUT2D eigenvalue weighted by atomic mass is 19.3. The molecule has 0 radical (unpaired) electrons. The molecule has 0 aromatic carbocycles. The van der Waals surface area contributed by atoms with E-state index in [0.29, 0.717) is 0 Å². The second kappa shape index (κ2) is 5.93. The number of hydrogen-bond acceptors (Lipinski definition) is 2. The summed E-state index contributed by atoms with van der Waals surface area (Å²) in [5.41, 5.74) is 0. The molecule has 2 fully saturated rings. The third-order valence-corrected chi connectivity index (χ3v) is 4.12. The van der Waals surface area contributed by atoms with Crippen molar-refractivity contribution in [2.24, 2.45) is 5.92 Å². The maximum atomic E-state index is 13.1. The predicted molar refractivity (Wildman–Crippen MR) is 67.7 cm³/mol. The molecule has 1 heterocycles. The summed E-state index contributed by atoms with van der Waals surface area (Å²) in [5.74, 6) is -4.05.